The summed E-state index contributed by atoms with van der Waals surface area (Å²) in [5, 5.41) is 25.3. The summed E-state index contributed by atoms with van der Waals surface area (Å²) in [6.45, 7) is 3.65. The van der Waals surface area contributed by atoms with Crippen molar-refractivity contribution in [3.63, 3.8) is 0 Å². The van der Waals surface area contributed by atoms with Crippen molar-refractivity contribution >= 4 is 23.6 Å². The van der Waals surface area contributed by atoms with E-state index in [4.69, 9.17) is 0 Å². The molecule has 0 fully saturated rings. The zero-order valence-corrected chi connectivity index (χ0v) is 19.1. The van der Waals surface area contributed by atoms with E-state index in [-0.39, 0.29) is 23.4 Å². The summed E-state index contributed by atoms with van der Waals surface area (Å²) in [6, 6.07) is 17.3. The minimum atomic E-state index is -0.584. The molecule has 1 aliphatic rings. The van der Waals surface area contributed by atoms with Gasteiger partial charge in [-0.2, -0.15) is 10.4 Å². The van der Waals surface area contributed by atoms with Gasteiger partial charge < -0.3 is 0 Å². The zero-order chi connectivity index (χ0) is 25.1. The molecule has 0 aliphatic carbocycles. The normalized spacial score (nSPS) is 15.0. The van der Waals surface area contributed by atoms with Gasteiger partial charge >= 0.3 is 0 Å². The number of aromatic nitrogens is 2. The highest BCUT2D eigenvalue weighted by atomic mass is 16.6. The molecule has 0 saturated heterocycles. The van der Waals surface area contributed by atoms with Crippen LogP contribution in [0.5, 0.6) is 0 Å². The van der Waals surface area contributed by atoms with E-state index in [0.717, 1.165) is 10.5 Å². The topological polar surface area (TPSA) is 122 Å². The van der Waals surface area contributed by atoms with Crippen molar-refractivity contribution in [3.8, 4) is 23.0 Å². The van der Waals surface area contributed by atoms with Crippen molar-refractivity contribution in [1.82, 2.24) is 14.7 Å². The predicted octanol–water partition coefficient (Wildman–Crippen LogP) is 4.45. The highest BCUT2D eigenvalue weighted by Crippen LogP contribution is 2.31. The van der Waals surface area contributed by atoms with Crippen LogP contribution in [0.4, 0.5) is 5.69 Å². The maximum Gasteiger partial charge on any atom is 0.271 e. The molecule has 1 aromatic heterocycles. The van der Waals surface area contributed by atoms with Gasteiger partial charge in [0, 0.05) is 41.6 Å². The zero-order valence-electron chi connectivity index (χ0n) is 19.1. The van der Waals surface area contributed by atoms with Gasteiger partial charge in [-0.25, -0.2) is 4.68 Å². The van der Waals surface area contributed by atoms with E-state index in [1.165, 1.54) is 12.1 Å². The Balaban J connectivity index is 1.89. The molecule has 2 aromatic carbocycles. The fraction of sp³-hybridized carbons (Fsp3) is 0.154. The van der Waals surface area contributed by atoms with Gasteiger partial charge in [-0.15, -0.1) is 0 Å². The number of rotatable bonds is 6. The number of amides is 2. The molecule has 0 saturated carbocycles. The number of carbonyl (C=O) groups is 2. The lowest BCUT2D eigenvalue weighted by atomic mass is 9.93. The van der Waals surface area contributed by atoms with Gasteiger partial charge in [-0.3, -0.25) is 24.6 Å². The molecular formula is C26H21N5O4. The summed E-state index contributed by atoms with van der Waals surface area (Å²) < 4.78 is 1.57. The number of nitro groups is 1. The number of nitrogens with zero attached hydrogens (tertiary/aromatic N) is 5. The van der Waals surface area contributed by atoms with Crippen molar-refractivity contribution in [3.05, 3.63) is 93.2 Å². The summed E-state index contributed by atoms with van der Waals surface area (Å²) in [6.07, 6.45) is 3.92. The summed E-state index contributed by atoms with van der Waals surface area (Å²) in [4.78, 5) is 37.5. The first-order valence-electron chi connectivity index (χ1n) is 10.9. The molecule has 0 unspecified atom stereocenters. The van der Waals surface area contributed by atoms with Crippen molar-refractivity contribution < 1.29 is 14.5 Å². The molecule has 2 amide bonds. The Hall–Kier alpha value is -4.84. The molecule has 2 heterocycles. The van der Waals surface area contributed by atoms with Crippen LogP contribution in [0.15, 0.2) is 77.5 Å². The quantitative estimate of drug-likeness (QED) is 0.228. The second-order valence-corrected chi connectivity index (χ2v) is 7.95. The number of hydrogen-bond donors (Lipinski definition) is 0. The number of nitriles is 1. The number of hydrogen-bond acceptors (Lipinski definition) is 6. The maximum absolute atomic E-state index is 13.2. The van der Waals surface area contributed by atoms with Crippen molar-refractivity contribution in [2.24, 2.45) is 0 Å². The third kappa shape index (κ3) is 4.37. The van der Waals surface area contributed by atoms with Crippen LogP contribution in [0.3, 0.4) is 0 Å². The lowest BCUT2D eigenvalue weighted by molar-refractivity contribution is -0.384. The summed E-state index contributed by atoms with van der Waals surface area (Å²) in [5.41, 5.74) is 3.03. The molecule has 0 atom stereocenters. The maximum atomic E-state index is 13.2. The molecule has 4 rings (SSSR count). The average Bonchev–Trinajstić information content (AvgIpc) is 3.29. The third-order valence-corrected chi connectivity index (χ3v) is 5.69. The Kier molecular flexibility index (Phi) is 6.38. The van der Waals surface area contributed by atoms with Gasteiger partial charge in [-0.05, 0) is 37.1 Å². The molecule has 0 N–H and O–H groups in total. The standard InChI is InChI=1S/C26H21N5O4/c1-3-13-29-25(32)22(17(2)23(15-27)26(29)33)14-19-16-30(20-9-11-21(12-10-20)31(34)35)28-24(19)18-7-5-4-6-8-18/h4-12,14,16H,3,13H2,1-2H3/b22-14+. The number of non-ortho nitro benzene ring substituents is 1. The fourth-order valence-electron chi connectivity index (χ4n) is 3.88. The number of benzene rings is 2. The van der Waals surface area contributed by atoms with E-state index in [1.54, 1.807) is 36.0 Å². The van der Waals surface area contributed by atoms with E-state index in [0.29, 0.717) is 28.9 Å². The monoisotopic (exact) mass is 467 g/mol. The van der Waals surface area contributed by atoms with Crippen LogP contribution in [0.1, 0.15) is 25.8 Å². The van der Waals surface area contributed by atoms with E-state index >= 15 is 0 Å². The van der Waals surface area contributed by atoms with Gasteiger partial charge in [0.25, 0.3) is 17.5 Å². The van der Waals surface area contributed by atoms with Crippen LogP contribution in [-0.2, 0) is 9.59 Å². The Labute approximate surface area is 201 Å². The van der Waals surface area contributed by atoms with E-state index in [1.807, 2.05) is 43.3 Å². The van der Waals surface area contributed by atoms with Crippen LogP contribution in [-0.4, -0.2) is 38.0 Å². The molecular weight excluding hydrogens is 446 g/mol. The second-order valence-electron chi connectivity index (χ2n) is 7.95. The molecule has 9 heteroatoms. The lowest BCUT2D eigenvalue weighted by Gasteiger charge is -2.27. The molecule has 9 nitrogen and oxygen atoms in total. The van der Waals surface area contributed by atoms with Crippen molar-refractivity contribution in [2.45, 2.75) is 20.3 Å². The molecule has 0 radical (unpaired) electrons. The van der Waals surface area contributed by atoms with Gasteiger partial charge in [0.05, 0.1) is 16.3 Å². The lowest BCUT2D eigenvalue weighted by Crippen LogP contribution is -2.43. The third-order valence-electron chi connectivity index (χ3n) is 5.69. The minimum Gasteiger partial charge on any atom is -0.274 e. The van der Waals surface area contributed by atoms with E-state index in [2.05, 4.69) is 5.10 Å². The second kappa shape index (κ2) is 9.57. The first-order chi connectivity index (χ1) is 16.8. The molecule has 35 heavy (non-hydrogen) atoms. The Morgan fingerprint density at radius 3 is 2.37 bits per heavy atom. The Morgan fingerprint density at radius 1 is 1.09 bits per heavy atom. The van der Waals surface area contributed by atoms with Crippen LogP contribution >= 0.6 is 0 Å². The van der Waals surface area contributed by atoms with Crippen LogP contribution in [0.25, 0.3) is 23.0 Å². The van der Waals surface area contributed by atoms with Crippen LogP contribution in [0.2, 0.25) is 0 Å². The Bertz CT molecular complexity index is 1430. The Morgan fingerprint density at radius 2 is 1.77 bits per heavy atom. The molecule has 0 bridgehead atoms. The van der Waals surface area contributed by atoms with Crippen molar-refractivity contribution in [1.29, 1.82) is 5.26 Å². The number of nitro benzene ring substituents is 1. The predicted molar refractivity (Wildman–Crippen MR) is 129 cm³/mol. The van der Waals surface area contributed by atoms with Gasteiger partial charge in [0.2, 0.25) is 0 Å². The van der Waals surface area contributed by atoms with Gasteiger partial charge in [0.15, 0.2) is 0 Å². The molecule has 1 aliphatic heterocycles. The smallest absolute Gasteiger partial charge is 0.271 e. The van der Waals surface area contributed by atoms with Gasteiger partial charge in [-0.1, -0.05) is 37.3 Å². The number of imide groups is 1. The summed E-state index contributed by atoms with van der Waals surface area (Å²) in [7, 11) is 0. The van der Waals surface area contributed by atoms with Crippen molar-refractivity contribution in [2.75, 3.05) is 6.54 Å². The molecule has 3 aromatic rings. The molecule has 0 spiro atoms. The van der Waals surface area contributed by atoms with Gasteiger partial charge in [0.1, 0.15) is 11.6 Å². The van der Waals surface area contributed by atoms with Crippen LogP contribution in [0, 0.1) is 21.4 Å². The van der Waals surface area contributed by atoms with E-state index < -0.39 is 16.7 Å². The first kappa shape index (κ1) is 23.3. The largest absolute Gasteiger partial charge is 0.274 e. The van der Waals surface area contributed by atoms with Crippen LogP contribution < -0.4 is 0 Å². The summed E-state index contributed by atoms with van der Waals surface area (Å²) in [5.74, 6) is -1.05. The highest BCUT2D eigenvalue weighted by molar-refractivity contribution is 6.19. The first-order valence-corrected chi connectivity index (χ1v) is 10.9. The van der Waals surface area contributed by atoms with E-state index in [9.17, 15) is 25.0 Å². The highest BCUT2D eigenvalue weighted by Gasteiger charge is 2.35. The SMILES string of the molecule is CCCN1C(=O)C(C#N)=C(C)/C(=C\c2cn(-c3ccc([N+](=O)[O-])cc3)nc2-c2ccccc2)C1=O. The molecule has 174 valence electrons. The summed E-state index contributed by atoms with van der Waals surface area (Å²) >= 11 is 0. The number of carbonyl (C=O) groups excluding carboxylic acids is 2. The average molecular weight is 467 g/mol. The fourth-order valence-corrected chi connectivity index (χ4v) is 3.88. The minimum absolute atomic E-state index is 0.0372.